The number of anilines is 1. The van der Waals surface area contributed by atoms with Gasteiger partial charge in [0.25, 0.3) is 0 Å². The Morgan fingerprint density at radius 3 is 2.44 bits per heavy atom. The number of aryl methyl sites for hydroxylation is 1. The molecule has 1 heterocycles. The average Bonchev–Trinajstić information content (AvgIpc) is 3.06. The fourth-order valence-electron chi connectivity index (χ4n) is 2.16. The lowest BCUT2D eigenvalue weighted by Gasteiger charge is -2.13. The van der Waals surface area contributed by atoms with Crippen LogP contribution in [0.2, 0.25) is 0 Å². The van der Waals surface area contributed by atoms with Gasteiger partial charge in [-0.1, -0.05) is 19.1 Å². The van der Waals surface area contributed by atoms with Gasteiger partial charge >= 0.3 is 0 Å². The summed E-state index contributed by atoms with van der Waals surface area (Å²) in [5.41, 5.74) is 2.39. The molecule has 0 atom stereocenters. The lowest BCUT2D eigenvalue weighted by molar-refractivity contribution is 0.811. The van der Waals surface area contributed by atoms with Crippen molar-refractivity contribution in [2.24, 2.45) is 4.99 Å². The molecular formula is C18H28IN5S. The van der Waals surface area contributed by atoms with E-state index in [0.717, 1.165) is 23.9 Å². The molecule has 0 fully saturated rings. The molecule has 0 aliphatic rings. The molecule has 0 spiro atoms. The summed E-state index contributed by atoms with van der Waals surface area (Å²) in [6, 6.07) is 8.48. The number of thiazole rings is 1. The van der Waals surface area contributed by atoms with Crippen LogP contribution in [0.4, 0.5) is 5.69 Å². The normalized spacial score (nSPS) is 11.0. The number of benzene rings is 1. The second-order valence-electron chi connectivity index (χ2n) is 5.68. The standard InChI is InChI=1S/C18H27N5S.HI/c1-5-16-12-20-17(24-16)13-22-18(19-6-2)21-11-14-7-9-15(10-8-14)23(3)4;/h7-10,12H,5-6,11,13H2,1-4H3,(H2,19,21,22);1H. The van der Waals surface area contributed by atoms with Gasteiger partial charge in [0.05, 0.1) is 13.1 Å². The van der Waals surface area contributed by atoms with Gasteiger partial charge < -0.3 is 15.5 Å². The van der Waals surface area contributed by atoms with E-state index in [1.54, 1.807) is 11.3 Å². The zero-order valence-corrected chi connectivity index (χ0v) is 18.5. The lowest BCUT2D eigenvalue weighted by Crippen LogP contribution is -2.36. The molecule has 0 unspecified atom stereocenters. The monoisotopic (exact) mass is 473 g/mol. The molecule has 2 N–H and O–H groups in total. The van der Waals surface area contributed by atoms with E-state index >= 15 is 0 Å². The number of halogens is 1. The Hall–Kier alpha value is -1.35. The Balaban J connectivity index is 0.00000312. The highest BCUT2D eigenvalue weighted by atomic mass is 127. The predicted molar refractivity (Wildman–Crippen MR) is 119 cm³/mol. The summed E-state index contributed by atoms with van der Waals surface area (Å²) in [5, 5.41) is 7.72. The molecular weight excluding hydrogens is 445 g/mol. The zero-order chi connectivity index (χ0) is 17.4. The van der Waals surface area contributed by atoms with E-state index in [1.807, 2.05) is 20.3 Å². The van der Waals surface area contributed by atoms with Gasteiger partial charge in [0.2, 0.25) is 0 Å². The third-order valence-electron chi connectivity index (χ3n) is 3.57. The molecule has 0 saturated carbocycles. The van der Waals surface area contributed by atoms with Gasteiger partial charge in [-0.25, -0.2) is 9.98 Å². The van der Waals surface area contributed by atoms with Gasteiger partial charge in [-0.15, -0.1) is 35.3 Å². The zero-order valence-electron chi connectivity index (χ0n) is 15.4. The average molecular weight is 473 g/mol. The van der Waals surface area contributed by atoms with Crippen molar-refractivity contribution in [1.82, 2.24) is 15.6 Å². The number of hydrogen-bond acceptors (Lipinski definition) is 4. The second kappa shape index (κ2) is 11.3. The maximum Gasteiger partial charge on any atom is 0.191 e. The molecule has 0 bridgehead atoms. The first-order valence-corrected chi connectivity index (χ1v) is 9.16. The molecule has 0 aliphatic heterocycles. The Bertz CT molecular complexity index is 652. The van der Waals surface area contributed by atoms with Crippen molar-refractivity contribution in [3.8, 4) is 0 Å². The third kappa shape index (κ3) is 7.19. The second-order valence-corrected chi connectivity index (χ2v) is 6.88. The number of guanidine groups is 1. The summed E-state index contributed by atoms with van der Waals surface area (Å²) in [6.07, 6.45) is 2.99. The quantitative estimate of drug-likeness (QED) is 0.366. The van der Waals surface area contributed by atoms with Crippen molar-refractivity contribution in [2.45, 2.75) is 33.4 Å². The van der Waals surface area contributed by atoms with Crippen LogP contribution in [0, 0.1) is 0 Å². The first kappa shape index (κ1) is 21.7. The van der Waals surface area contributed by atoms with Crippen molar-refractivity contribution in [3.05, 3.63) is 45.9 Å². The van der Waals surface area contributed by atoms with Crippen LogP contribution in [0.5, 0.6) is 0 Å². The SMILES string of the molecule is CCNC(=NCc1ccc(N(C)C)cc1)NCc1ncc(CC)s1.I. The van der Waals surface area contributed by atoms with Crippen molar-refractivity contribution in [2.75, 3.05) is 25.5 Å². The van der Waals surface area contributed by atoms with Crippen molar-refractivity contribution in [1.29, 1.82) is 0 Å². The number of rotatable bonds is 7. The molecule has 2 rings (SSSR count). The Morgan fingerprint density at radius 1 is 1.16 bits per heavy atom. The minimum Gasteiger partial charge on any atom is -0.378 e. The van der Waals surface area contributed by atoms with E-state index in [2.05, 4.69) is 63.6 Å². The molecule has 5 nitrogen and oxygen atoms in total. The van der Waals surface area contributed by atoms with E-state index in [4.69, 9.17) is 0 Å². The van der Waals surface area contributed by atoms with Crippen LogP contribution in [0.1, 0.15) is 29.3 Å². The first-order chi connectivity index (χ1) is 11.6. The highest BCUT2D eigenvalue weighted by molar-refractivity contribution is 14.0. The number of nitrogens with one attached hydrogen (secondary N) is 2. The van der Waals surface area contributed by atoms with Gasteiger partial charge in [-0.2, -0.15) is 0 Å². The first-order valence-electron chi connectivity index (χ1n) is 8.34. The summed E-state index contributed by atoms with van der Waals surface area (Å²) in [4.78, 5) is 12.5. The minimum atomic E-state index is 0. The van der Waals surface area contributed by atoms with Crippen molar-refractivity contribution in [3.63, 3.8) is 0 Å². The van der Waals surface area contributed by atoms with Crippen molar-refractivity contribution >= 4 is 47.0 Å². The molecule has 2 aromatic rings. The molecule has 138 valence electrons. The van der Waals surface area contributed by atoms with Crippen LogP contribution >= 0.6 is 35.3 Å². The summed E-state index contributed by atoms with van der Waals surface area (Å²) in [6.45, 7) is 6.42. The van der Waals surface area contributed by atoms with Crippen LogP contribution in [0.3, 0.4) is 0 Å². The third-order valence-corrected chi connectivity index (χ3v) is 4.72. The topological polar surface area (TPSA) is 52.6 Å². The Kier molecular flexibility index (Phi) is 9.81. The van der Waals surface area contributed by atoms with Crippen LogP contribution in [-0.2, 0) is 19.5 Å². The fourth-order valence-corrected chi connectivity index (χ4v) is 2.97. The Morgan fingerprint density at radius 2 is 1.88 bits per heavy atom. The van der Waals surface area contributed by atoms with Crippen LogP contribution in [-0.4, -0.2) is 31.6 Å². The number of hydrogen-bond donors (Lipinski definition) is 2. The van der Waals surface area contributed by atoms with Crippen molar-refractivity contribution < 1.29 is 0 Å². The molecule has 0 saturated heterocycles. The number of aliphatic imine (C=N–C) groups is 1. The van der Waals surface area contributed by atoms with Crippen LogP contribution in [0.15, 0.2) is 35.5 Å². The molecule has 0 amide bonds. The largest absolute Gasteiger partial charge is 0.378 e. The van der Waals surface area contributed by atoms with E-state index in [1.165, 1.54) is 16.1 Å². The van der Waals surface area contributed by atoms with E-state index in [9.17, 15) is 0 Å². The van der Waals surface area contributed by atoms with Gasteiger partial charge in [0.1, 0.15) is 5.01 Å². The molecule has 0 radical (unpaired) electrons. The summed E-state index contributed by atoms with van der Waals surface area (Å²) in [5.74, 6) is 0.822. The highest BCUT2D eigenvalue weighted by Crippen LogP contribution is 2.14. The molecule has 0 aliphatic carbocycles. The molecule has 7 heteroatoms. The van der Waals surface area contributed by atoms with Gasteiger partial charge in [0.15, 0.2) is 5.96 Å². The number of nitrogens with zero attached hydrogens (tertiary/aromatic N) is 3. The fraction of sp³-hybridized carbons (Fsp3) is 0.444. The molecule has 1 aromatic carbocycles. The van der Waals surface area contributed by atoms with E-state index in [-0.39, 0.29) is 24.0 Å². The van der Waals surface area contributed by atoms with Crippen LogP contribution in [0.25, 0.3) is 0 Å². The summed E-state index contributed by atoms with van der Waals surface area (Å²) >= 11 is 1.75. The van der Waals surface area contributed by atoms with Gasteiger partial charge in [-0.3, -0.25) is 0 Å². The van der Waals surface area contributed by atoms with Gasteiger partial charge in [-0.05, 0) is 31.0 Å². The van der Waals surface area contributed by atoms with Crippen LogP contribution < -0.4 is 15.5 Å². The molecule has 25 heavy (non-hydrogen) atoms. The number of aromatic nitrogens is 1. The summed E-state index contributed by atoms with van der Waals surface area (Å²) in [7, 11) is 4.09. The van der Waals surface area contributed by atoms with E-state index < -0.39 is 0 Å². The predicted octanol–water partition coefficient (Wildman–Crippen LogP) is 3.64. The smallest absolute Gasteiger partial charge is 0.191 e. The maximum atomic E-state index is 4.66. The Labute approximate surface area is 172 Å². The van der Waals surface area contributed by atoms with E-state index in [0.29, 0.717) is 13.1 Å². The maximum absolute atomic E-state index is 4.66. The lowest BCUT2D eigenvalue weighted by atomic mass is 10.2. The van der Waals surface area contributed by atoms with Gasteiger partial charge in [0, 0.05) is 37.4 Å². The molecule has 1 aromatic heterocycles. The highest BCUT2D eigenvalue weighted by Gasteiger charge is 2.03. The minimum absolute atomic E-state index is 0. The summed E-state index contributed by atoms with van der Waals surface area (Å²) < 4.78 is 0.